The minimum absolute atomic E-state index is 0.671. The van der Waals surface area contributed by atoms with Crippen molar-refractivity contribution in [2.45, 2.75) is 38.0 Å². The van der Waals surface area contributed by atoms with Crippen molar-refractivity contribution in [1.29, 1.82) is 0 Å². The summed E-state index contributed by atoms with van der Waals surface area (Å²) < 4.78 is 25.1. The van der Waals surface area contributed by atoms with Gasteiger partial charge < -0.3 is 0 Å². The quantitative estimate of drug-likeness (QED) is 0.927. The maximum Gasteiger partial charge on any atom is 0.229 e. The van der Waals surface area contributed by atoms with Crippen molar-refractivity contribution < 1.29 is 8.42 Å². The van der Waals surface area contributed by atoms with E-state index < -0.39 is 10.0 Å². The molecule has 0 aliphatic heterocycles. The van der Waals surface area contributed by atoms with Gasteiger partial charge in [0.25, 0.3) is 0 Å². The minimum Gasteiger partial charge on any atom is -0.284 e. The average Bonchev–Trinajstić information content (AvgIpc) is 2.37. The molecule has 4 heteroatoms. The summed E-state index contributed by atoms with van der Waals surface area (Å²) >= 11 is 0. The molecule has 0 aromatic heterocycles. The van der Waals surface area contributed by atoms with Crippen LogP contribution in [0.4, 0.5) is 5.69 Å². The third kappa shape index (κ3) is 2.59. The number of benzene rings is 1. The molecule has 0 atom stereocenters. The Morgan fingerprint density at radius 3 is 1.90 bits per heavy atom. The first-order valence-electron chi connectivity index (χ1n) is 8.05. The summed E-state index contributed by atoms with van der Waals surface area (Å²) in [6, 6.07) is 8.11. The van der Waals surface area contributed by atoms with Crippen LogP contribution in [-0.4, -0.2) is 14.7 Å². The van der Waals surface area contributed by atoms with Crippen molar-refractivity contribution in [3.05, 3.63) is 29.8 Å². The van der Waals surface area contributed by atoms with E-state index in [0.717, 1.165) is 23.7 Å². The molecule has 4 fully saturated rings. The summed E-state index contributed by atoms with van der Waals surface area (Å²) in [6.07, 6.45) is 8.35. The summed E-state index contributed by atoms with van der Waals surface area (Å²) in [4.78, 5) is 0. The Morgan fingerprint density at radius 2 is 1.43 bits per heavy atom. The molecule has 1 N–H and O–H groups in total. The fourth-order valence-corrected chi connectivity index (χ4v) is 6.02. The molecule has 1 aromatic rings. The van der Waals surface area contributed by atoms with Crippen molar-refractivity contribution in [3.63, 3.8) is 0 Å². The molecule has 3 nitrogen and oxygen atoms in total. The van der Waals surface area contributed by atoms with E-state index in [1.54, 1.807) is 0 Å². The highest BCUT2D eigenvalue weighted by Crippen LogP contribution is 2.59. The molecule has 114 valence electrons. The first kappa shape index (κ1) is 13.6. The van der Waals surface area contributed by atoms with Crippen LogP contribution in [0.5, 0.6) is 0 Å². The van der Waals surface area contributed by atoms with E-state index in [0.29, 0.717) is 11.6 Å². The molecule has 0 saturated heterocycles. The lowest BCUT2D eigenvalue weighted by Crippen LogP contribution is -2.43. The topological polar surface area (TPSA) is 46.2 Å². The molecule has 1 aromatic carbocycles. The van der Waals surface area contributed by atoms with Gasteiger partial charge in [-0.05, 0) is 79.4 Å². The molecular weight excluding hydrogens is 282 g/mol. The van der Waals surface area contributed by atoms with E-state index in [1.807, 2.05) is 12.1 Å². The van der Waals surface area contributed by atoms with E-state index in [2.05, 4.69) is 16.9 Å². The highest BCUT2D eigenvalue weighted by Gasteiger charge is 2.48. The van der Waals surface area contributed by atoms with Crippen LogP contribution in [-0.2, 0) is 10.0 Å². The van der Waals surface area contributed by atoms with Gasteiger partial charge in [-0.3, -0.25) is 4.72 Å². The minimum atomic E-state index is -3.18. The Balaban J connectivity index is 1.57. The lowest BCUT2D eigenvalue weighted by molar-refractivity contribution is -0.00277. The zero-order chi connectivity index (χ0) is 14.6. The lowest BCUT2D eigenvalue weighted by atomic mass is 9.51. The van der Waals surface area contributed by atoms with Gasteiger partial charge in [0, 0.05) is 5.69 Å². The van der Waals surface area contributed by atoms with E-state index in [1.165, 1.54) is 43.9 Å². The van der Waals surface area contributed by atoms with Gasteiger partial charge in [0.15, 0.2) is 0 Å². The molecule has 0 spiro atoms. The van der Waals surface area contributed by atoms with Gasteiger partial charge in [-0.15, -0.1) is 0 Å². The number of sulfonamides is 1. The number of nitrogens with one attached hydrogen (secondary N) is 1. The standard InChI is InChI=1S/C17H23NO2S/c1-21(19,20)18-16-4-2-13(3-5-16)17-14-7-11-6-12(9-14)10-15(17)8-11/h2-5,11-12,14-15,17-18H,6-10H2,1H3. The molecule has 0 radical (unpaired) electrons. The Hall–Kier alpha value is -1.03. The molecule has 21 heavy (non-hydrogen) atoms. The van der Waals surface area contributed by atoms with Crippen LogP contribution in [0.25, 0.3) is 0 Å². The first-order valence-corrected chi connectivity index (χ1v) is 9.95. The second-order valence-corrected chi connectivity index (χ2v) is 9.20. The smallest absolute Gasteiger partial charge is 0.229 e. The molecule has 0 amide bonds. The van der Waals surface area contributed by atoms with Crippen LogP contribution in [0.3, 0.4) is 0 Å². The summed E-state index contributed by atoms with van der Waals surface area (Å²) in [5.74, 6) is 4.44. The Kier molecular flexibility index (Phi) is 3.07. The SMILES string of the molecule is CS(=O)(=O)Nc1ccc(C2C3CC4CC(C3)CC2C4)cc1. The van der Waals surface area contributed by atoms with Crippen LogP contribution >= 0.6 is 0 Å². The van der Waals surface area contributed by atoms with Crippen molar-refractivity contribution >= 4 is 15.7 Å². The summed E-state index contributed by atoms with van der Waals surface area (Å²) in [7, 11) is -3.18. The van der Waals surface area contributed by atoms with E-state index in [4.69, 9.17) is 0 Å². The van der Waals surface area contributed by atoms with Crippen molar-refractivity contribution in [2.24, 2.45) is 23.7 Å². The van der Waals surface area contributed by atoms with Gasteiger partial charge >= 0.3 is 0 Å². The number of hydrogen-bond donors (Lipinski definition) is 1. The van der Waals surface area contributed by atoms with Gasteiger partial charge in [0.1, 0.15) is 0 Å². The van der Waals surface area contributed by atoms with Gasteiger partial charge in [0.05, 0.1) is 6.26 Å². The monoisotopic (exact) mass is 305 g/mol. The van der Waals surface area contributed by atoms with Crippen molar-refractivity contribution in [3.8, 4) is 0 Å². The van der Waals surface area contributed by atoms with Crippen LogP contribution < -0.4 is 4.72 Å². The van der Waals surface area contributed by atoms with Gasteiger partial charge in [-0.25, -0.2) is 8.42 Å². The second-order valence-electron chi connectivity index (χ2n) is 7.45. The Bertz CT molecular complexity index is 607. The van der Waals surface area contributed by atoms with Gasteiger partial charge in [-0.2, -0.15) is 0 Å². The second kappa shape index (κ2) is 4.73. The summed E-state index contributed by atoms with van der Waals surface area (Å²) in [5, 5.41) is 0. The molecule has 4 aliphatic carbocycles. The number of rotatable bonds is 3. The highest BCUT2D eigenvalue weighted by molar-refractivity contribution is 7.92. The first-order chi connectivity index (χ1) is 9.98. The molecule has 5 rings (SSSR count). The van der Waals surface area contributed by atoms with Crippen LogP contribution in [0.1, 0.15) is 43.6 Å². The fourth-order valence-electron chi connectivity index (χ4n) is 5.46. The highest BCUT2D eigenvalue weighted by atomic mass is 32.2. The third-order valence-corrected chi connectivity index (χ3v) is 6.43. The predicted molar refractivity (Wildman–Crippen MR) is 84.7 cm³/mol. The van der Waals surface area contributed by atoms with Crippen molar-refractivity contribution in [2.75, 3.05) is 11.0 Å². The maximum atomic E-state index is 11.3. The third-order valence-electron chi connectivity index (χ3n) is 5.83. The van der Waals surface area contributed by atoms with E-state index in [-0.39, 0.29) is 0 Å². The normalized spacial score (nSPS) is 37.7. The average molecular weight is 305 g/mol. The maximum absolute atomic E-state index is 11.3. The summed E-state index contributed by atoms with van der Waals surface area (Å²) in [5.41, 5.74) is 2.09. The largest absolute Gasteiger partial charge is 0.284 e. The van der Waals surface area contributed by atoms with E-state index in [9.17, 15) is 8.42 Å². The Morgan fingerprint density at radius 1 is 0.905 bits per heavy atom. The van der Waals surface area contributed by atoms with Crippen LogP contribution in [0, 0.1) is 23.7 Å². The molecule has 4 bridgehead atoms. The Labute approximate surface area is 127 Å². The molecule has 4 saturated carbocycles. The molecule has 0 unspecified atom stereocenters. The van der Waals surface area contributed by atoms with Gasteiger partial charge in [0.2, 0.25) is 10.0 Å². The fraction of sp³-hybridized carbons (Fsp3) is 0.647. The lowest BCUT2D eigenvalue weighted by Gasteiger charge is -2.54. The number of hydrogen-bond acceptors (Lipinski definition) is 2. The zero-order valence-electron chi connectivity index (χ0n) is 12.5. The predicted octanol–water partition coefficient (Wildman–Crippen LogP) is 3.60. The molecular formula is C17H23NO2S. The van der Waals surface area contributed by atoms with Crippen molar-refractivity contribution in [1.82, 2.24) is 0 Å². The van der Waals surface area contributed by atoms with Crippen LogP contribution in [0.2, 0.25) is 0 Å². The van der Waals surface area contributed by atoms with Crippen LogP contribution in [0.15, 0.2) is 24.3 Å². The zero-order valence-corrected chi connectivity index (χ0v) is 13.3. The molecule has 0 heterocycles. The number of anilines is 1. The van der Waals surface area contributed by atoms with Gasteiger partial charge in [-0.1, -0.05) is 12.1 Å². The summed E-state index contributed by atoms with van der Waals surface area (Å²) in [6.45, 7) is 0. The van der Waals surface area contributed by atoms with E-state index >= 15 is 0 Å². The molecule has 4 aliphatic rings.